The van der Waals surface area contributed by atoms with Crippen LogP contribution >= 0.6 is 0 Å². The van der Waals surface area contributed by atoms with Crippen molar-refractivity contribution in [2.45, 2.75) is 103 Å². The van der Waals surface area contributed by atoms with E-state index in [2.05, 4.69) is 12.2 Å². The lowest BCUT2D eigenvalue weighted by Crippen LogP contribution is -2.07. The molecular weight excluding hydrogens is 362 g/mol. The molecule has 0 saturated heterocycles. The Morgan fingerprint density at radius 1 is 0.724 bits per heavy atom. The van der Waals surface area contributed by atoms with Gasteiger partial charge in [-0.15, -0.1) is 0 Å². The highest BCUT2D eigenvalue weighted by Crippen LogP contribution is 2.14. The number of carboxylic acid groups (broad SMARTS) is 1. The zero-order chi connectivity index (χ0) is 21.2. The molecule has 1 aromatic rings. The van der Waals surface area contributed by atoms with E-state index in [0.717, 1.165) is 18.7 Å². The number of nitrogens with one attached hydrogen (secondary N) is 1. The second kappa shape index (κ2) is 17.1. The summed E-state index contributed by atoms with van der Waals surface area (Å²) in [7, 11) is 0. The molecule has 0 bridgehead atoms. The van der Waals surface area contributed by atoms with E-state index in [9.17, 15) is 9.59 Å². The summed E-state index contributed by atoms with van der Waals surface area (Å²) < 4.78 is 0. The maximum absolute atomic E-state index is 11.7. The summed E-state index contributed by atoms with van der Waals surface area (Å²) in [5, 5.41) is 12.0. The third-order valence-corrected chi connectivity index (χ3v) is 5.38. The lowest BCUT2D eigenvalue weighted by Gasteiger charge is -2.07. The number of carboxylic acids is 1. The highest BCUT2D eigenvalue weighted by atomic mass is 16.4. The number of ketones is 1. The zero-order valence-electron chi connectivity index (χ0n) is 18.4. The van der Waals surface area contributed by atoms with Gasteiger partial charge in [0, 0.05) is 17.8 Å². The molecule has 0 saturated carbocycles. The van der Waals surface area contributed by atoms with Gasteiger partial charge in [0.2, 0.25) is 0 Å². The Bertz CT molecular complexity index is 554. The SMILES string of the molecule is CCCCCCCCCCCCCCCCNc1ccc(C(=O)CC(=O)O)cc1. The molecule has 2 N–H and O–H groups in total. The first-order valence-corrected chi connectivity index (χ1v) is 11.7. The van der Waals surface area contributed by atoms with Crippen molar-refractivity contribution in [3.8, 4) is 0 Å². The molecule has 0 aliphatic carbocycles. The molecule has 29 heavy (non-hydrogen) atoms. The van der Waals surface area contributed by atoms with Crippen LogP contribution in [0.15, 0.2) is 24.3 Å². The number of hydrogen-bond donors (Lipinski definition) is 2. The van der Waals surface area contributed by atoms with Crippen LogP contribution in [0.5, 0.6) is 0 Å². The number of anilines is 1. The van der Waals surface area contributed by atoms with Gasteiger partial charge in [-0.25, -0.2) is 0 Å². The minimum atomic E-state index is -1.09. The quantitative estimate of drug-likeness (QED) is 0.145. The predicted molar refractivity (Wildman–Crippen MR) is 122 cm³/mol. The van der Waals surface area contributed by atoms with Crippen LogP contribution in [0.3, 0.4) is 0 Å². The van der Waals surface area contributed by atoms with Crippen molar-refractivity contribution >= 4 is 17.4 Å². The summed E-state index contributed by atoms with van der Waals surface area (Å²) in [6.45, 7) is 3.20. The van der Waals surface area contributed by atoms with Crippen LogP contribution in [-0.4, -0.2) is 23.4 Å². The molecule has 0 atom stereocenters. The Morgan fingerprint density at radius 3 is 1.62 bits per heavy atom. The maximum atomic E-state index is 11.7. The Hall–Kier alpha value is -1.84. The van der Waals surface area contributed by atoms with Gasteiger partial charge in [0.25, 0.3) is 0 Å². The number of benzene rings is 1. The van der Waals surface area contributed by atoms with E-state index in [1.165, 1.54) is 83.5 Å². The number of carbonyl (C=O) groups is 2. The van der Waals surface area contributed by atoms with E-state index < -0.39 is 12.4 Å². The molecule has 0 spiro atoms. The van der Waals surface area contributed by atoms with E-state index in [4.69, 9.17) is 5.11 Å². The Kier molecular flexibility index (Phi) is 14.8. The van der Waals surface area contributed by atoms with E-state index >= 15 is 0 Å². The lowest BCUT2D eigenvalue weighted by molar-refractivity contribution is -0.135. The maximum Gasteiger partial charge on any atom is 0.311 e. The second-order valence-corrected chi connectivity index (χ2v) is 8.09. The third-order valence-electron chi connectivity index (χ3n) is 5.38. The van der Waals surface area contributed by atoms with Gasteiger partial charge in [-0.3, -0.25) is 9.59 Å². The third kappa shape index (κ3) is 13.9. The fraction of sp³-hybridized carbons (Fsp3) is 0.680. The number of hydrogen-bond acceptors (Lipinski definition) is 3. The summed E-state index contributed by atoms with van der Waals surface area (Å²) in [5.74, 6) is -1.44. The summed E-state index contributed by atoms with van der Waals surface area (Å²) in [6, 6.07) is 7.08. The molecule has 164 valence electrons. The van der Waals surface area contributed by atoms with Crippen molar-refractivity contribution < 1.29 is 14.7 Å². The Balaban J connectivity index is 1.92. The average molecular weight is 404 g/mol. The molecule has 0 heterocycles. The molecule has 0 amide bonds. The van der Waals surface area contributed by atoms with Crippen LogP contribution < -0.4 is 5.32 Å². The minimum Gasteiger partial charge on any atom is -0.481 e. The molecule has 0 radical (unpaired) electrons. The van der Waals surface area contributed by atoms with Crippen LogP contribution in [0, 0.1) is 0 Å². The highest BCUT2D eigenvalue weighted by Gasteiger charge is 2.10. The van der Waals surface area contributed by atoms with E-state index in [0.29, 0.717) is 5.56 Å². The van der Waals surface area contributed by atoms with Crippen molar-refractivity contribution in [3.63, 3.8) is 0 Å². The first-order chi connectivity index (χ1) is 14.1. The smallest absolute Gasteiger partial charge is 0.311 e. The second-order valence-electron chi connectivity index (χ2n) is 8.09. The number of carbonyl (C=O) groups excluding carboxylic acids is 1. The van der Waals surface area contributed by atoms with Crippen molar-refractivity contribution in [2.75, 3.05) is 11.9 Å². The molecule has 0 unspecified atom stereocenters. The molecule has 1 rings (SSSR count). The number of Topliss-reactive ketones (excluding diaryl/α,β-unsaturated/α-hetero) is 1. The van der Waals surface area contributed by atoms with Gasteiger partial charge in [0.05, 0.1) is 0 Å². The van der Waals surface area contributed by atoms with Gasteiger partial charge in [-0.2, -0.15) is 0 Å². The molecule has 4 heteroatoms. The van der Waals surface area contributed by atoms with Crippen LogP contribution in [0.4, 0.5) is 5.69 Å². The molecule has 1 aromatic carbocycles. The average Bonchev–Trinajstić information content (AvgIpc) is 2.71. The monoisotopic (exact) mass is 403 g/mol. The van der Waals surface area contributed by atoms with Gasteiger partial charge >= 0.3 is 5.97 Å². The molecule has 0 aliphatic heterocycles. The topological polar surface area (TPSA) is 66.4 Å². The van der Waals surface area contributed by atoms with Gasteiger partial charge in [-0.05, 0) is 30.7 Å². The fourth-order valence-electron chi connectivity index (χ4n) is 3.57. The Morgan fingerprint density at radius 2 is 1.17 bits per heavy atom. The summed E-state index contributed by atoms with van der Waals surface area (Å²) in [6.07, 6.45) is 18.6. The van der Waals surface area contributed by atoms with Gasteiger partial charge in [0.1, 0.15) is 6.42 Å². The predicted octanol–water partition coefficient (Wildman–Crippen LogP) is 7.24. The molecule has 0 aliphatic rings. The van der Waals surface area contributed by atoms with Gasteiger partial charge < -0.3 is 10.4 Å². The first kappa shape index (κ1) is 25.2. The summed E-state index contributed by atoms with van der Waals surface area (Å²) >= 11 is 0. The van der Waals surface area contributed by atoms with Gasteiger partial charge in [0.15, 0.2) is 5.78 Å². The van der Waals surface area contributed by atoms with Crippen molar-refractivity contribution in [1.82, 2.24) is 0 Å². The Labute approximate surface area is 177 Å². The molecule has 0 aromatic heterocycles. The normalized spacial score (nSPS) is 10.8. The summed E-state index contributed by atoms with van der Waals surface area (Å²) in [5.41, 5.74) is 1.43. The lowest BCUT2D eigenvalue weighted by atomic mass is 10.0. The van der Waals surface area contributed by atoms with Crippen LogP contribution in [0.25, 0.3) is 0 Å². The molecule has 4 nitrogen and oxygen atoms in total. The van der Waals surface area contributed by atoms with E-state index in [-0.39, 0.29) is 5.78 Å². The molecular formula is C25H41NO3. The zero-order valence-corrected chi connectivity index (χ0v) is 18.4. The number of rotatable bonds is 19. The minimum absolute atomic E-state index is 0.351. The molecule has 0 fully saturated rings. The summed E-state index contributed by atoms with van der Waals surface area (Å²) in [4.78, 5) is 22.3. The van der Waals surface area contributed by atoms with E-state index in [1.807, 2.05) is 12.1 Å². The largest absolute Gasteiger partial charge is 0.481 e. The standard InChI is InChI=1S/C25H41NO3/c1-2-3-4-5-6-7-8-9-10-11-12-13-14-15-20-26-23-18-16-22(17-19-23)24(27)21-25(28)29/h16-19,26H,2-15,20-21H2,1H3,(H,28,29). The van der Waals surface area contributed by atoms with Crippen LogP contribution in [0.1, 0.15) is 114 Å². The van der Waals surface area contributed by atoms with Crippen LogP contribution in [-0.2, 0) is 4.79 Å². The number of aliphatic carboxylic acids is 1. The van der Waals surface area contributed by atoms with Gasteiger partial charge in [-0.1, -0.05) is 90.4 Å². The first-order valence-electron chi connectivity index (χ1n) is 11.7. The fourth-order valence-corrected chi connectivity index (χ4v) is 3.57. The van der Waals surface area contributed by atoms with Crippen LogP contribution in [0.2, 0.25) is 0 Å². The number of unbranched alkanes of at least 4 members (excludes halogenated alkanes) is 13. The van der Waals surface area contributed by atoms with Crippen molar-refractivity contribution in [1.29, 1.82) is 0 Å². The highest BCUT2D eigenvalue weighted by molar-refractivity contribution is 6.05. The van der Waals surface area contributed by atoms with Crippen molar-refractivity contribution in [2.24, 2.45) is 0 Å². The van der Waals surface area contributed by atoms with E-state index in [1.54, 1.807) is 12.1 Å². The van der Waals surface area contributed by atoms with Crippen molar-refractivity contribution in [3.05, 3.63) is 29.8 Å².